The Labute approximate surface area is 211 Å². The number of fused-ring (bicyclic) bond motifs is 2. The molecule has 2 N–H and O–H groups in total. The Morgan fingerprint density at radius 2 is 1.92 bits per heavy atom. The lowest BCUT2D eigenvalue weighted by molar-refractivity contribution is -0.141. The van der Waals surface area contributed by atoms with Gasteiger partial charge < -0.3 is 15.4 Å². The number of carbonyl (C=O) groups is 4. The Morgan fingerprint density at radius 1 is 1.14 bits per heavy atom. The Morgan fingerprint density at radius 3 is 2.67 bits per heavy atom. The number of ether oxygens (including phenoxy) is 1. The maximum atomic E-state index is 13.3. The summed E-state index contributed by atoms with van der Waals surface area (Å²) in [6.45, 7) is 4.32. The van der Waals surface area contributed by atoms with Crippen molar-refractivity contribution >= 4 is 23.6 Å². The molecule has 192 valence electrons. The average molecular weight is 495 g/mol. The second-order valence-corrected chi connectivity index (χ2v) is 9.50. The molecule has 2 bridgehead atoms. The van der Waals surface area contributed by atoms with Crippen LogP contribution in [0.25, 0.3) is 0 Å². The van der Waals surface area contributed by atoms with E-state index < -0.39 is 29.7 Å². The Balaban J connectivity index is 1.72. The maximum absolute atomic E-state index is 13.3. The number of carbonyl (C=O) groups excluding carboxylic acids is 4. The number of Topliss-reactive ketones (excluding diaryl/α,β-unsaturated/α-hetero) is 2. The van der Waals surface area contributed by atoms with E-state index in [1.807, 2.05) is 44.2 Å². The van der Waals surface area contributed by atoms with Gasteiger partial charge in [-0.15, -0.1) is 0 Å². The quantitative estimate of drug-likeness (QED) is 0.540. The number of benzene rings is 1. The van der Waals surface area contributed by atoms with Crippen molar-refractivity contribution < 1.29 is 23.9 Å². The van der Waals surface area contributed by atoms with Gasteiger partial charge in [0, 0.05) is 43.6 Å². The number of aryl methyl sites for hydroxylation is 1. The topological polar surface area (TPSA) is 127 Å². The van der Waals surface area contributed by atoms with Crippen LogP contribution in [0.5, 0.6) is 0 Å². The minimum Gasteiger partial charge on any atom is -0.445 e. The molecular weight excluding hydrogens is 460 g/mol. The molecule has 2 unspecified atom stereocenters. The van der Waals surface area contributed by atoms with E-state index in [2.05, 4.69) is 20.6 Å². The molecule has 1 aromatic heterocycles. The third-order valence-corrected chi connectivity index (χ3v) is 5.97. The molecule has 1 aliphatic heterocycles. The highest BCUT2D eigenvalue weighted by Gasteiger charge is 2.32. The lowest BCUT2D eigenvalue weighted by Crippen LogP contribution is -2.44. The van der Waals surface area contributed by atoms with Crippen LogP contribution in [0.4, 0.5) is 4.79 Å². The first kappa shape index (κ1) is 27.0. The molecule has 2 atom stereocenters. The van der Waals surface area contributed by atoms with Crippen LogP contribution >= 0.6 is 0 Å². The van der Waals surface area contributed by atoms with Crippen molar-refractivity contribution in [1.29, 1.82) is 0 Å². The number of hydrogen-bond donors (Lipinski definition) is 2. The minimum atomic E-state index is -0.892. The van der Waals surface area contributed by atoms with Gasteiger partial charge in [-0.3, -0.25) is 14.4 Å². The molecule has 3 rings (SSSR count). The summed E-state index contributed by atoms with van der Waals surface area (Å²) in [6.07, 6.45) is 3.42. The van der Waals surface area contributed by atoms with Crippen LogP contribution in [-0.2, 0) is 38.6 Å². The van der Waals surface area contributed by atoms with E-state index in [0.717, 1.165) is 12.0 Å². The number of nitrogens with one attached hydrogen (secondary N) is 2. The highest BCUT2D eigenvalue weighted by atomic mass is 16.5. The van der Waals surface area contributed by atoms with Crippen LogP contribution in [0.15, 0.2) is 42.6 Å². The van der Waals surface area contributed by atoms with Crippen molar-refractivity contribution in [2.75, 3.05) is 6.54 Å². The first-order valence-electron chi connectivity index (χ1n) is 12.4. The monoisotopic (exact) mass is 494 g/mol. The first-order valence-corrected chi connectivity index (χ1v) is 12.4. The first-order chi connectivity index (χ1) is 17.3. The molecule has 0 fully saturated rings. The van der Waals surface area contributed by atoms with E-state index in [0.29, 0.717) is 37.3 Å². The number of aromatic nitrogens is 2. The highest BCUT2D eigenvalue weighted by molar-refractivity contribution is 6.37. The normalized spacial score (nSPS) is 17.4. The zero-order chi connectivity index (χ0) is 25.9. The summed E-state index contributed by atoms with van der Waals surface area (Å²) in [5.41, 5.74) is 1.43. The van der Waals surface area contributed by atoms with Crippen LogP contribution in [0.3, 0.4) is 0 Å². The van der Waals surface area contributed by atoms with E-state index in [9.17, 15) is 19.2 Å². The highest BCUT2D eigenvalue weighted by Crippen LogP contribution is 2.18. The summed E-state index contributed by atoms with van der Waals surface area (Å²) >= 11 is 0. The Hall–Kier alpha value is -3.62. The molecule has 1 aliphatic rings. The molecule has 1 aromatic carbocycles. The van der Waals surface area contributed by atoms with Gasteiger partial charge in [0.15, 0.2) is 5.78 Å². The molecule has 2 amide bonds. The van der Waals surface area contributed by atoms with Gasteiger partial charge in [0.25, 0.3) is 5.91 Å². The van der Waals surface area contributed by atoms with Crippen molar-refractivity contribution in [3.63, 3.8) is 0 Å². The van der Waals surface area contributed by atoms with Crippen molar-refractivity contribution in [1.82, 2.24) is 20.6 Å². The zero-order valence-corrected chi connectivity index (χ0v) is 20.9. The molecular formula is C27H34N4O5. The number of rotatable bonds is 8. The number of nitrogens with zero attached hydrogens (tertiary/aromatic N) is 2. The summed E-state index contributed by atoms with van der Waals surface area (Å²) in [7, 11) is 0. The van der Waals surface area contributed by atoms with Gasteiger partial charge >= 0.3 is 6.09 Å². The largest absolute Gasteiger partial charge is 0.445 e. The predicted molar refractivity (Wildman–Crippen MR) is 133 cm³/mol. The molecule has 2 aromatic rings. The summed E-state index contributed by atoms with van der Waals surface area (Å²) < 4.78 is 5.29. The summed E-state index contributed by atoms with van der Waals surface area (Å²) in [5.74, 6) is -1.78. The van der Waals surface area contributed by atoms with Crippen LogP contribution in [0, 0.1) is 11.8 Å². The summed E-state index contributed by atoms with van der Waals surface area (Å²) in [5, 5.41) is 5.32. The van der Waals surface area contributed by atoms with Gasteiger partial charge in [0.05, 0.1) is 6.04 Å². The lowest BCUT2D eigenvalue weighted by atomic mass is 9.88. The van der Waals surface area contributed by atoms with Gasteiger partial charge in [-0.2, -0.15) is 0 Å². The van der Waals surface area contributed by atoms with Crippen LogP contribution < -0.4 is 10.6 Å². The molecule has 0 aliphatic carbocycles. The second kappa shape index (κ2) is 13.5. The molecule has 9 heteroatoms. The Kier molecular flexibility index (Phi) is 10.1. The van der Waals surface area contributed by atoms with E-state index in [1.54, 1.807) is 12.3 Å². The van der Waals surface area contributed by atoms with Gasteiger partial charge in [-0.25, -0.2) is 14.8 Å². The maximum Gasteiger partial charge on any atom is 0.408 e. The minimum absolute atomic E-state index is 0.0760. The number of amides is 2. The summed E-state index contributed by atoms with van der Waals surface area (Å²) in [6, 6.07) is 10.1. The molecule has 0 saturated heterocycles. The second-order valence-electron chi connectivity index (χ2n) is 9.50. The smallest absolute Gasteiger partial charge is 0.408 e. The lowest BCUT2D eigenvalue weighted by Gasteiger charge is -2.22. The van der Waals surface area contributed by atoms with Gasteiger partial charge in [0.2, 0.25) is 5.78 Å². The molecule has 0 radical (unpaired) electrons. The number of alkyl carbamates (subject to hydrolysis) is 1. The van der Waals surface area contributed by atoms with Gasteiger partial charge in [0.1, 0.15) is 12.4 Å². The third-order valence-electron chi connectivity index (χ3n) is 5.97. The molecule has 2 heterocycles. The number of hydrogen-bond acceptors (Lipinski definition) is 7. The molecule has 9 nitrogen and oxygen atoms in total. The van der Waals surface area contributed by atoms with Crippen LogP contribution in [-0.4, -0.2) is 46.1 Å². The number of ketones is 2. The summed E-state index contributed by atoms with van der Waals surface area (Å²) in [4.78, 5) is 60.1. The average Bonchev–Trinajstić information content (AvgIpc) is 2.86. The predicted octanol–water partition coefficient (Wildman–Crippen LogP) is 2.96. The van der Waals surface area contributed by atoms with E-state index in [1.165, 1.54) is 0 Å². The van der Waals surface area contributed by atoms with E-state index in [4.69, 9.17) is 4.74 Å². The standard InChI is InChI=1S/C27H34N4O5/c1-18(2)14-22(31-27(35)36-17-19-8-4-3-5-9-19)23(32)16-20-15-21-11-13-28-24(30-21)10-6-7-12-29-26(34)25(20)33/h3-5,8-9,11,13,18,20,22H,6-7,10,12,14-17H2,1-2H3,(H,29,34)(H,31,35). The molecule has 0 saturated carbocycles. The zero-order valence-electron chi connectivity index (χ0n) is 20.9. The molecule has 0 spiro atoms. The van der Waals surface area contributed by atoms with Crippen molar-refractivity contribution in [3.05, 3.63) is 59.7 Å². The van der Waals surface area contributed by atoms with E-state index in [-0.39, 0.29) is 31.1 Å². The SMILES string of the molecule is CC(C)CC(NC(=O)OCc1ccccc1)C(=O)CC1Cc2ccnc(n2)CCCCNC(=O)C1=O. The van der Waals surface area contributed by atoms with Crippen LogP contribution in [0.1, 0.15) is 56.6 Å². The fourth-order valence-corrected chi connectivity index (χ4v) is 4.10. The molecule has 36 heavy (non-hydrogen) atoms. The fourth-order valence-electron chi connectivity index (χ4n) is 4.10. The van der Waals surface area contributed by atoms with E-state index >= 15 is 0 Å². The van der Waals surface area contributed by atoms with Crippen molar-refractivity contribution in [2.24, 2.45) is 11.8 Å². The van der Waals surface area contributed by atoms with Crippen LogP contribution in [0.2, 0.25) is 0 Å². The third kappa shape index (κ3) is 8.55. The fraction of sp³-hybridized carbons (Fsp3) is 0.481. The van der Waals surface area contributed by atoms with Crippen molar-refractivity contribution in [3.8, 4) is 0 Å². The van der Waals surface area contributed by atoms with Gasteiger partial charge in [-0.1, -0.05) is 44.2 Å². The Bertz CT molecular complexity index is 1060. The van der Waals surface area contributed by atoms with Crippen molar-refractivity contribution in [2.45, 2.75) is 65.0 Å². The van der Waals surface area contributed by atoms with Gasteiger partial charge in [-0.05, 0) is 36.8 Å².